The summed E-state index contributed by atoms with van der Waals surface area (Å²) < 4.78 is 37.1. The lowest BCUT2D eigenvalue weighted by Gasteiger charge is -2.05. The molecule has 110 valence electrons. The van der Waals surface area contributed by atoms with Gasteiger partial charge in [-0.3, -0.25) is 4.79 Å². The van der Waals surface area contributed by atoms with E-state index in [1.54, 1.807) is 0 Å². The number of hydrogen-bond acceptors (Lipinski definition) is 3. The summed E-state index contributed by atoms with van der Waals surface area (Å²) in [6, 6.07) is 8.20. The highest BCUT2D eigenvalue weighted by atomic mass is 32.1. The second-order valence-electron chi connectivity index (χ2n) is 4.17. The zero-order chi connectivity index (χ0) is 15.3. The van der Waals surface area contributed by atoms with Crippen molar-refractivity contribution in [3.05, 3.63) is 57.8 Å². The Balaban J connectivity index is 1.88. The maximum Gasteiger partial charge on any atom is 0.416 e. The molecule has 0 atom stereocenters. The van der Waals surface area contributed by atoms with Gasteiger partial charge in [0.2, 0.25) is 5.91 Å². The first-order chi connectivity index (χ1) is 9.95. The van der Waals surface area contributed by atoms with Crippen LogP contribution in [0.5, 0.6) is 0 Å². The number of rotatable bonds is 4. The van der Waals surface area contributed by atoms with Crippen molar-refractivity contribution in [2.75, 3.05) is 0 Å². The van der Waals surface area contributed by atoms with Crippen LogP contribution in [0.2, 0.25) is 0 Å². The van der Waals surface area contributed by atoms with Gasteiger partial charge in [-0.2, -0.15) is 18.3 Å². The van der Waals surface area contributed by atoms with Crippen LogP contribution in [0.25, 0.3) is 0 Å². The lowest BCUT2D eigenvalue weighted by atomic mass is 10.1. The van der Waals surface area contributed by atoms with Crippen LogP contribution < -0.4 is 5.43 Å². The number of halogens is 3. The van der Waals surface area contributed by atoms with Crippen molar-refractivity contribution in [2.24, 2.45) is 5.10 Å². The summed E-state index contributed by atoms with van der Waals surface area (Å²) in [5.41, 5.74) is 2.08. The fourth-order valence-corrected chi connectivity index (χ4v) is 2.25. The largest absolute Gasteiger partial charge is 0.416 e. The van der Waals surface area contributed by atoms with E-state index in [2.05, 4.69) is 10.5 Å². The summed E-state index contributed by atoms with van der Waals surface area (Å²) in [4.78, 5) is 12.4. The Kier molecular flexibility index (Phi) is 4.74. The molecule has 0 aliphatic carbocycles. The van der Waals surface area contributed by atoms with E-state index in [9.17, 15) is 18.0 Å². The second kappa shape index (κ2) is 6.53. The van der Waals surface area contributed by atoms with E-state index in [-0.39, 0.29) is 12.3 Å². The van der Waals surface area contributed by atoms with Crippen molar-refractivity contribution >= 4 is 23.5 Å². The molecule has 0 saturated carbocycles. The molecular formula is C14H11F3N2OS. The molecule has 1 aromatic heterocycles. The molecule has 0 saturated heterocycles. The summed E-state index contributed by atoms with van der Waals surface area (Å²) in [5.74, 6) is -0.277. The molecule has 2 aromatic rings. The maximum absolute atomic E-state index is 12.4. The van der Waals surface area contributed by atoms with Gasteiger partial charge in [-0.05, 0) is 29.1 Å². The van der Waals surface area contributed by atoms with E-state index in [1.807, 2.05) is 17.5 Å². The third-order valence-electron chi connectivity index (χ3n) is 2.56. The Morgan fingerprint density at radius 2 is 1.95 bits per heavy atom. The zero-order valence-corrected chi connectivity index (χ0v) is 11.5. The highest BCUT2D eigenvalue weighted by molar-refractivity contribution is 7.10. The smallest absolute Gasteiger partial charge is 0.273 e. The van der Waals surface area contributed by atoms with Crippen LogP contribution in [0.4, 0.5) is 13.2 Å². The number of benzene rings is 1. The Bertz CT molecular complexity index is 619. The van der Waals surface area contributed by atoms with Crippen LogP contribution in [0, 0.1) is 0 Å². The molecule has 0 aliphatic rings. The minimum absolute atomic E-state index is 0.224. The van der Waals surface area contributed by atoms with E-state index in [0.717, 1.165) is 17.0 Å². The summed E-state index contributed by atoms with van der Waals surface area (Å²) in [7, 11) is 0. The molecule has 2 rings (SSSR count). The molecule has 1 aromatic carbocycles. The van der Waals surface area contributed by atoms with Crippen molar-refractivity contribution in [1.82, 2.24) is 5.43 Å². The third kappa shape index (κ3) is 4.71. The van der Waals surface area contributed by atoms with Crippen LogP contribution >= 0.6 is 11.3 Å². The van der Waals surface area contributed by atoms with Crippen LogP contribution in [0.3, 0.4) is 0 Å². The van der Waals surface area contributed by atoms with Gasteiger partial charge >= 0.3 is 6.18 Å². The standard InChI is InChI=1S/C14H11F3N2OS/c15-14(16,17)11-5-3-10(4-6-11)9-18-19-13(20)8-12-2-1-7-21-12/h1-7,9H,8H2,(H,19,20)/b18-9+. The Labute approximate surface area is 123 Å². The van der Waals surface area contributed by atoms with Gasteiger partial charge in [0, 0.05) is 4.88 Å². The molecule has 1 N–H and O–H groups in total. The van der Waals surface area contributed by atoms with E-state index < -0.39 is 11.7 Å². The molecule has 7 heteroatoms. The molecule has 0 radical (unpaired) electrons. The van der Waals surface area contributed by atoms with Gasteiger partial charge in [-0.15, -0.1) is 11.3 Å². The maximum atomic E-state index is 12.4. The number of amides is 1. The Morgan fingerprint density at radius 3 is 2.52 bits per heavy atom. The molecule has 3 nitrogen and oxygen atoms in total. The highest BCUT2D eigenvalue weighted by Gasteiger charge is 2.29. The zero-order valence-electron chi connectivity index (χ0n) is 10.7. The minimum Gasteiger partial charge on any atom is -0.273 e. The second-order valence-corrected chi connectivity index (χ2v) is 5.20. The van der Waals surface area contributed by atoms with Gasteiger partial charge in [-0.25, -0.2) is 5.43 Å². The Hall–Kier alpha value is -2.15. The SMILES string of the molecule is O=C(Cc1cccs1)N/N=C/c1ccc(C(F)(F)F)cc1. The molecule has 0 unspecified atom stereocenters. The van der Waals surface area contributed by atoms with Crippen LogP contribution in [0.1, 0.15) is 16.0 Å². The molecule has 1 amide bonds. The van der Waals surface area contributed by atoms with Crippen LogP contribution in [-0.4, -0.2) is 12.1 Å². The fraction of sp³-hybridized carbons (Fsp3) is 0.143. The number of thiophene rings is 1. The molecule has 0 aliphatic heterocycles. The molecule has 0 spiro atoms. The van der Waals surface area contributed by atoms with Gasteiger partial charge in [0.1, 0.15) is 0 Å². The first kappa shape index (κ1) is 15.2. The number of alkyl halides is 3. The first-order valence-corrected chi connectivity index (χ1v) is 6.84. The summed E-state index contributed by atoms with van der Waals surface area (Å²) in [5, 5.41) is 5.58. The molecule has 0 fully saturated rings. The number of nitrogens with one attached hydrogen (secondary N) is 1. The lowest BCUT2D eigenvalue weighted by Crippen LogP contribution is -2.19. The van der Waals surface area contributed by atoms with Gasteiger partial charge in [0.15, 0.2) is 0 Å². The first-order valence-electron chi connectivity index (χ1n) is 5.97. The van der Waals surface area contributed by atoms with Crippen molar-refractivity contribution in [3.8, 4) is 0 Å². The quantitative estimate of drug-likeness (QED) is 0.682. The molecule has 0 bridgehead atoms. The molecule has 21 heavy (non-hydrogen) atoms. The third-order valence-corrected chi connectivity index (χ3v) is 3.43. The van der Waals surface area contributed by atoms with E-state index in [1.165, 1.54) is 29.7 Å². The number of hydrazone groups is 1. The van der Waals surface area contributed by atoms with Gasteiger partial charge in [0.05, 0.1) is 18.2 Å². The number of nitrogens with zero attached hydrogens (tertiary/aromatic N) is 1. The van der Waals surface area contributed by atoms with Crippen molar-refractivity contribution in [2.45, 2.75) is 12.6 Å². The van der Waals surface area contributed by atoms with Crippen molar-refractivity contribution < 1.29 is 18.0 Å². The Morgan fingerprint density at radius 1 is 1.24 bits per heavy atom. The number of carbonyl (C=O) groups is 1. The minimum atomic E-state index is -4.36. The molecule has 1 heterocycles. The van der Waals surface area contributed by atoms with Gasteiger partial charge in [0.25, 0.3) is 0 Å². The highest BCUT2D eigenvalue weighted by Crippen LogP contribution is 2.28. The number of carbonyl (C=O) groups excluding carboxylic acids is 1. The summed E-state index contributed by atoms with van der Waals surface area (Å²) >= 11 is 1.47. The van der Waals surface area contributed by atoms with Gasteiger partial charge in [-0.1, -0.05) is 18.2 Å². The van der Waals surface area contributed by atoms with Crippen molar-refractivity contribution in [1.29, 1.82) is 0 Å². The van der Waals surface area contributed by atoms with Crippen LogP contribution in [0.15, 0.2) is 46.9 Å². The predicted molar refractivity (Wildman–Crippen MR) is 75.2 cm³/mol. The normalized spacial score (nSPS) is 11.8. The molecular weight excluding hydrogens is 301 g/mol. The average molecular weight is 312 g/mol. The summed E-state index contributed by atoms with van der Waals surface area (Å²) in [6.45, 7) is 0. The fourth-order valence-electron chi connectivity index (χ4n) is 1.55. The predicted octanol–water partition coefficient (Wildman–Crippen LogP) is 3.46. The van der Waals surface area contributed by atoms with Gasteiger partial charge < -0.3 is 0 Å². The monoisotopic (exact) mass is 312 g/mol. The topological polar surface area (TPSA) is 41.5 Å². The van der Waals surface area contributed by atoms with E-state index >= 15 is 0 Å². The van der Waals surface area contributed by atoms with E-state index in [4.69, 9.17) is 0 Å². The van der Waals surface area contributed by atoms with Crippen LogP contribution in [-0.2, 0) is 17.4 Å². The van der Waals surface area contributed by atoms with E-state index in [0.29, 0.717) is 5.56 Å². The lowest BCUT2D eigenvalue weighted by molar-refractivity contribution is -0.137. The summed E-state index contributed by atoms with van der Waals surface area (Å²) in [6.07, 6.45) is -2.83. The van der Waals surface area contributed by atoms with Crippen molar-refractivity contribution in [3.63, 3.8) is 0 Å². The number of hydrogen-bond donors (Lipinski definition) is 1. The average Bonchev–Trinajstić information content (AvgIpc) is 2.91.